The Labute approximate surface area is 148 Å². The molecule has 21 heavy (non-hydrogen) atoms. The number of allylic oxidation sites excluding steroid dienone is 8. The van der Waals surface area contributed by atoms with Crippen LogP contribution in [0.15, 0.2) is 48.6 Å². The summed E-state index contributed by atoms with van der Waals surface area (Å²) in [6, 6.07) is 0. The van der Waals surface area contributed by atoms with Crippen LogP contribution in [0.1, 0.15) is 0 Å². The van der Waals surface area contributed by atoms with Gasteiger partial charge in [0, 0.05) is 23.7 Å². The van der Waals surface area contributed by atoms with Crippen molar-refractivity contribution in [3.63, 3.8) is 0 Å². The molecule has 3 heteroatoms. The van der Waals surface area contributed by atoms with Crippen LogP contribution in [0, 0.1) is 62.2 Å². The van der Waals surface area contributed by atoms with E-state index in [1.165, 1.54) is 23.7 Å². The van der Waals surface area contributed by atoms with Crippen LogP contribution in [0.25, 0.3) is 0 Å². The fourth-order valence-corrected chi connectivity index (χ4v) is 2.14. The van der Waals surface area contributed by atoms with E-state index >= 15 is 0 Å². The van der Waals surface area contributed by atoms with Crippen molar-refractivity contribution < 1.29 is 20.8 Å². The van der Waals surface area contributed by atoms with E-state index in [0.717, 1.165) is 0 Å². The average Bonchev–Trinajstić information content (AvgIpc) is 3.17. The second-order valence-corrected chi connectivity index (χ2v) is 8.11. The summed E-state index contributed by atoms with van der Waals surface area (Å²) in [4.78, 5) is 0. The molecule has 0 saturated heterocycles. The summed E-state index contributed by atoms with van der Waals surface area (Å²) in [5, 5.41) is 0. The van der Waals surface area contributed by atoms with E-state index in [0.29, 0.717) is 0 Å². The topological polar surface area (TPSA) is 0 Å². The Morgan fingerprint density at radius 1 is 0.524 bits per heavy atom. The first-order valence-electron chi connectivity index (χ1n) is 6.52. The van der Waals surface area contributed by atoms with Gasteiger partial charge in [-0.05, 0) is 38.5 Å². The van der Waals surface area contributed by atoms with E-state index in [4.69, 9.17) is 17.0 Å². The number of hydrogen-bond donors (Lipinski definition) is 0. The van der Waals surface area contributed by atoms with Gasteiger partial charge >= 0.3 is 37.9 Å². The Bertz CT molecular complexity index is 337. The fourth-order valence-electron chi connectivity index (χ4n) is 2.14. The van der Waals surface area contributed by atoms with Gasteiger partial charge in [-0.1, -0.05) is 48.6 Å². The zero-order valence-electron chi connectivity index (χ0n) is 11.3. The third-order valence-electron chi connectivity index (χ3n) is 3.10. The zero-order valence-corrected chi connectivity index (χ0v) is 15.3. The molecular weight excluding hydrogens is 378 g/mol. The van der Waals surface area contributed by atoms with Crippen LogP contribution in [-0.2, 0) is 20.8 Å². The van der Waals surface area contributed by atoms with E-state index in [2.05, 4.69) is 87.1 Å². The van der Waals surface area contributed by atoms with Crippen molar-refractivity contribution in [2.75, 3.05) is 0 Å². The van der Waals surface area contributed by atoms with Crippen molar-refractivity contribution in [1.82, 2.24) is 0 Å². The van der Waals surface area contributed by atoms with Gasteiger partial charge in [0.15, 0.2) is 0 Å². The molecule has 4 aliphatic carbocycles. The maximum atomic E-state index is 4.93. The first kappa shape index (κ1) is 17.8. The van der Waals surface area contributed by atoms with Crippen LogP contribution < -0.4 is 0 Å². The molecular formula is C18H14Cl2Zr+2. The van der Waals surface area contributed by atoms with Gasteiger partial charge in [-0.2, -0.15) is 0 Å². The molecule has 0 atom stereocenters. The van der Waals surface area contributed by atoms with Crippen molar-refractivity contribution in [3.05, 3.63) is 111 Å². The first-order valence-corrected chi connectivity index (χ1v) is 12.9. The third kappa shape index (κ3) is 5.85. The number of hydrogen-bond acceptors (Lipinski definition) is 0. The van der Waals surface area contributed by atoms with Crippen LogP contribution in [0.3, 0.4) is 0 Å². The summed E-state index contributed by atoms with van der Waals surface area (Å²) in [6.45, 7) is 0. The molecule has 0 aliphatic heterocycles. The van der Waals surface area contributed by atoms with E-state index < -0.39 is 20.8 Å². The molecule has 0 unspecified atom stereocenters. The maximum absolute atomic E-state index is 4.93. The molecule has 2 fully saturated rings. The predicted molar refractivity (Wildman–Crippen MR) is 87.0 cm³/mol. The number of halogens is 2. The summed E-state index contributed by atoms with van der Waals surface area (Å²) >= 11 is -0.826. The quantitative estimate of drug-likeness (QED) is 0.535. The molecule has 0 aromatic carbocycles. The monoisotopic (exact) mass is 390 g/mol. The molecule has 0 N–H and O–H groups in total. The van der Waals surface area contributed by atoms with Crippen molar-refractivity contribution in [2.45, 2.75) is 0 Å². The molecule has 0 heterocycles. The normalized spacial score (nSPS) is 23.7. The summed E-state index contributed by atoms with van der Waals surface area (Å²) in [7, 11) is 9.87. The van der Waals surface area contributed by atoms with Crippen LogP contribution in [0.4, 0.5) is 0 Å². The van der Waals surface area contributed by atoms with Gasteiger partial charge in [0.05, 0.1) is 0 Å². The fraction of sp³-hybridized carbons (Fsp3) is 0. The molecule has 0 spiro atoms. The molecule has 0 bridgehead atoms. The summed E-state index contributed by atoms with van der Waals surface area (Å²) < 4.78 is 0. The average molecular weight is 392 g/mol. The van der Waals surface area contributed by atoms with E-state index in [9.17, 15) is 0 Å². The Morgan fingerprint density at radius 3 is 1.00 bits per heavy atom. The van der Waals surface area contributed by atoms with Gasteiger partial charge in [-0.3, -0.25) is 0 Å². The predicted octanol–water partition coefficient (Wildman–Crippen LogP) is 5.15. The minimum absolute atomic E-state index is 0.826. The Hall–Kier alpha value is 0.423. The number of rotatable bonds is 0. The molecule has 0 nitrogen and oxygen atoms in total. The van der Waals surface area contributed by atoms with Gasteiger partial charge in [0.25, 0.3) is 0 Å². The van der Waals surface area contributed by atoms with Crippen LogP contribution >= 0.6 is 17.0 Å². The van der Waals surface area contributed by atoms with Crippen molar-refractivity contribution >= 4 is 17.0 Å². The summed E-state index contributed by atoms with van der Waals surface area (Å²) in [5.74, 6) is 5.32. The van der Waals surface area contributed by atoms with Crippen LogP contribution in [0.2, 0.25) is 0 Å². The van der Waals surface area contributed by atoms with Gasteiger partial charge in [-0.15, -0.1) is 0 Å². The SMILES string of the molecule is [CH]1[CH][C]2C=CC=C[C]2[CH]1.[CH]1[CH][C]2C=CC=C[C]2[CH]1.[Cl][Zr+2][Cl]. The molecule has 4 rings (SSSR count). The number of fused-ring (bicyclic) bond motifs is 2. The van der Waals surface area contributed by atoms with E-state index in [1.807, 2.05) is 0 Å². The molecule has 0 amide bonds. The van der Waals surface area contributed by atoms with Crippen LogP contribution in [-0.4, -0.2) is 0 Å². The molecule has 0 aromatic rings. The van der Waals surface area contributed by atoms with Crippen molar-refractivity contribution in [1.29, 1.82) is 0 Å². The second-order valence-electron chi connectivity index (χ2n) is 4.38. The van der Waals surface area contributed by atoms with Crippen molar-refractivity contribution in [3.8, 4) is 0 Å². The third-order valence-corrected chi connectivity index (χ3v) is 3.10. The van der Waals surface area contributed by atoms with Gasteiger partial charge in [0.2, 0.25) is 0 Å². The van der Waals surface area contributed by atoms with Crippen LogP contribution in [0.5, 0.6) is 0 Å². The molecule has 10 radical (unpaired) electrons. The molecule has 0 aromatic heterocycles. The van der Waals surface area contributed by atoms with Gasteiger partial charge in [-0.25, -0.2) is 0 Å². The summed E-state index contributed by atoms with van der Waals surface area (Å²) in [6.07, 6.45) is 29.3. The van der Waals surface area contributed by atoms with Gasteiger partial charge in [0.1, 0.15) is 0 Å². The zero-order chi connectivity index (χ0) is 14.9. The molecule has 2 saturated carbocycles. The first-order chi connectivity index (χ1) is 10.3. The van der Waals surface area contributed by atoms with E-state index in [1.54, 1.807) is 0 Å². The molecule has 102 valence electrons. The molecule has 4 aliphatic rings. The van der Waals surface area contributed by atoms with E-state index in [-0.39, 0.29) is 0 Å². The van der Waals surface area contributed by atoms with Crippen molar-refractivity contribution in [2.24, 2.45) is 0 Å². The Balaban J connectivity index is 0.000000130. The Kier molecular flexibility index (Phi) is 8.67. The standard InChI is InChI=1S/2C9H7.2ClH.Zr/c2*1-2-5-9-7-3-6-8(9)4-1;;;/h2*1-7H;2*1H;/q;;;;+4/p-2. The second kappa shape index (κ2) is 10.2. The van der Waals surface area contributed by atoms with Gasteiger partial charge < -0.3 is 0 Å². The summed E-state index contributed by atoms with van der Waals surface area (Å²) in [5.41, 5.74) is 0. The Morgan fingerprint density at radius 2 is 0.762 bits per heavy atom. The minimum atomic E-state index is -0.826.